The highest BCUT2D eigenvalue weighted by atomic mass is 14.4. The van der Waals surface area contributed by atoms with Crippen molar-refractivity contribution in [2.45, 2.75) is 122 Å². The molecule has 3 atom stereocenters. The van der Waals surface area contributed by atoms with Crippen molar-refractivity contribution in [1.29, 1.82) is 0 Å². The molecule has 0 saturated heterocycles. The second kappa shape index (κ2) is 12.4. The average molecular weight is 320 g/mol. The molecule has 0 aromatic carbocycles. The maximum atomic E-state index is 3.91. The zero-order valence-corrected chi connectivity index (χ0v) is 15.9. The number of fused-ring (bicyclic) bond motifs is 2. The Morgan fingerprint density at radius 3 is 1.52 bits per heavy atom. The van der Waals surface area contributed by atoms with E-state index in [1.165, 1.54) is 83.5 Å². The fourth-order valence-electron chi connectivity index (χ4n) is 5.26. The van der Waals surface area contributed by atoms with Crippen LogP contribution >= 0.6 is 0 Å². The molecule has 0 nitrogen and oxygen atoms in total. The van der Waals surface area contributed by atoms with E-state index in [1.54, 1.807) is 32.1 Å². The number of hydrogen-bond donors (Lipinski definition) is 0. The molecule has 0 heterocycles. The second-order valence-corrected chi connectivity index (χ2v) is 8.67. The lowest BCUT2D eigenvalue weighted by Crippen LogP contribution is -2.09. The van der Waals surface area contributed by atoms with Crippen LogP contribution in [0.4, 0.5) is 0 Å². The molecule has 0 aromatic rings. The van der Waals surface area contributed by atoms with Gasteiger partial charge in [0.15, 0.2) is 0 Å². The van der Waals surface area contributed by atoms with Crippen LogP contribution in [0.25, 0.3) is 0 Å². The molecule has 0 heteroatoms. The Bertz CT molecular complexity index is 269. The van der Waals surface area contributed by atoms with Crippen LogP contribution in [0.2, 0.25) is 0 Å². The van der Waals surface area contributed by atoms with Crippen LogP contribution in [0, 0.1) is 24.7 Å². The van der Waals surface area contributed by atoms with Crippen LogP contribution in [-0.4, -0.2) is 0 Å². The van der Waals surface area contributed by atoms with Crippen molar-refractivity contribution < 1.29 is 0 Å². The third kappa shape index (κ3) is 8.08. The Labute approximate surface area is 147 Å². The van der Waals surface area contributed by atoms with Crippen molar-refractivity contribution in [3.63, 3.8) is 0 Å². The first-order chi connectivity index (χ1) is 11.4. The standard InChI is InChI=1S/C23H43/c1-2-3-4-5-6-7-8-9-10-11-12-13-14-15-16-22-19-21-17-18-23(22)20-21/h21-23H,1-20H2. The quantitative estimate of drug-likeness (QED) is 0.267. The SMILES string of the molecule is [CH2]CCCCCCCCCCCCCCCC1CC2CCC1C2. The Morgan fingerprint density at radius 2 is 1.09 bits per heavy atom. The fraction of sp³-hybridized carbons (Fsp3) is 0.957. The second-order valence-electron chi connectivity index (χ2n) is 8.67. The topological polar surface area (TPSA) is 0 Å². The third-order valence-electron chi connectivity index (χ3n) is 6.71. The van der Waals surface area contributed by atoms with Crippen molar-refractivity contribution in [1.82, 2.24) is 0 Å². The number of hydrogen-bond acceptors (Lipinski definition) is 0. The van der Waals surface area contributed by atoms with E-state index >= 15 is 0 Å². The number of unbranched alkanes of at least 4 members (excludes halogenated alkanes) is 13. The smallest absolute Gasteiger partial charge is 0.0383 e. The van der Waals surface area contributed by atoms with E-state index in [-0.39, 0.29) is 0 Å². The van der Waals surface area contributed by atoms with Crippen LogP contribution < -0.4 is 0 Å². The Balaban J connectivity index is 1.25. The molecule has 1 radical (unpaired) electrons. The van der Waals surface area contributed by atoms with Crippen molar-refractivity contribution in [2.24, 2.45) is 17.8 Å². The monoisotopic (exact) mass is 319 g/mol. The van der Waals surface area contributed by atoms with Gasteiger partial charge in [0, 0.05) is 0 Å². The molecule has 0 N–H and O–H groups in total. The van der Waals surface area contributed by atoms with Gasteiger partial charge in [-0.05, 0) is 37.0 Å². The van der Waals surface area contributed by atoms with E-state index in [4.69, 9.17) is 0 Å². The van der Waals surface area contributed by atoms with Crippen molar-refractivity contribution in [2.75, 3.05) is 0 Å². The van der Waals surface area contributed by atoms with E-state index < -0.39 is 0 Å². The summed E-state index contributed by atoms with van der Waals surface area (Å²) in [4.78, 5) is 0. The lowest BCUT2D eigenvalue weighted by molar-refractivity contribution is 0.304. The summed E-state index contributed by atoms with van der Waals surface area (Å²) < 4.78 is 0. The zero-order chi connectivity index (χ0) is 16.2. The molecule has 0 spiro atoms. The predicted octanol–water partition coefficient (Wildman–Crippen LogP) is 8.11. The lowest BCUT2D eigenvalue weighted by Gasteiger charge is -2.21. The van der Waals surface area contributed by atoms with Crippen molar-refractivity contribution in [3.8, 4) is 0 Å². The highest BCUT2D eigenvalue weighted by Gasteiger charge is 2.38. The van der Waals surface area contributed by atoms with Crippen LogP contribution in [0.15, 0.2) is 0 Å². The molecular formula is C23H43. The van der Waals surface area contributed by atoms with Gasteiger partial charge in [-0.15, -0.1) is 0 Å². The fourth-order valence-corrected chi connectivity index (χ4v) is 5.26. The first-order valence-corrected chi connectivity index (χ1v) is 11.2. The summed E-state index contributed by atoms with van der Waals surface area (Å²) >= 11 is 0. The maximum absolute atomic E-state index is 3.91. The van der Waals surface area contributed by atoms with Gasteiger partial charge < -0.3 is 0 Å². The zero-order valence-electron chi connectivity index (χ0n) is 15.9. The highest BCUT2D eigenvalue weighted by Crippen LogP contribution is 2.50. The van der Waals surface area contributed by atoms with Gasteiger partial charge in [0.1, 0.15) is 0 Å². The highest BCUT2D eigenvalue weighted by molar-refractivity contribution is 4.89. The summed E-state index contributed by atoms with van der Waals surface area (Å²) in [5.41, 5.74) is 0. The van der Waals surface area contributed by atoms with Crippen LogP contribution in [0.3, 0.4) is 0 Å². The molecule has 2 bridgehead atoms. The molecule has 2 aliphatic carbocycles. The summed E-state index contributed by atoms with van der Waals surface area (Å²) in [5.74, 6) is 3.44. The average Bonchev–Trinajstić information content (AvgIpc) is 3.18. The minimum absolute atomic E-state index is 1.13. The van der Waals surface area contributed by atoms with Gasteiger partial charge in [-0.25, -0.2) is 0 Å². The van der Waals surface area contributed by atoms with Gasteiger partial charge in [0.2, 0.25) is 0 Å². The van der Waals surface area contributed by atoms with Crippen molar-refractivity contribution >= 4 is 0 Å². The Morgan fingerprint density at radius 1 is 0.565 bits per heavy atom. The predicted molar refractivity (Wildman–Crippen MR) is 104 cm³/mol. The first-order valence-electron chi connectivity index (χ1n) is 11.2. The van der Waals surface area contributed by atoms with Crippen molar-refractivity contribution in [3.05, 3.63) is 6.92 Å². The maximum Gasteiger partial charge on any atom is -0.0383 e. The van der Waals surface area contributed by atoms with E-state index in [0.717, 1.165) is 24.2 Å². The molecule has 135 valence electrons. The summed E-state index contributed by atoms with van der Waals surface area (Å²) in [6.45, 7) is 3.91. The molecule has 2 saturated carbocycles. The van der Waals surface area contributed by atoms with Gasteiger partial charge in [-0.1, -0.05) is 110 Å². The van der Waals surface area contributed by atoms with E-state index in [1.807, 2.05) is 0 Å². The van der Waals surface area contributed by atoms with E-state index in [2.05, 4.69) is 6.92 Å². The molecule has 2 aliphatic rings. The van der Waals surface area contributed by atoms with Gasteiger partial charge in [-0.2, -0.15) is 0 Å². The third-order valence-corrected chi connectivity index (χ3v) is 6.71. The Hall–Kier alpha value is 0. The summed E-state index contributed by atoms with van der Waals surface area (Å²) in [5, 5.41) is 0. The van der Waals surface area contributed by atoms with Gasteiger partial charge >= 0.3 is 0 Å². The summed E-state index contributed by atoms with van der Waals surface area (Å²) in [7, 11) is 0. The molecule has 23 heavy (non-hydrogen) atoms. The minimum atomic E-state index is 1.13. The normalized spacial score (nSPS) is 26.2. The minimum Gasteiger partial charge on any atom is -0.0533 e. The molecule has 2 rings (SSSR count). The van der Waals surface area contributed by atoms with Crippen LogP contribution in [-0.2, 0) is 0 Å². The lowest BCUT2D eigenvalue weighted by atomic mass is 9.85. The van der Waals surface area contributed by atoms with Gasteiger partial charge in [0.25, 0.3) is 0 Å². The van der Waals surface area contributed by atoms with Gasteiger partial charge in [-0.3, -0.25) is 0 Å². The molecule has 3 unspecified atom stereocenters. The number of rotatable bonds is 15. The molecule has 0 amide bonds. The molecular weight excluding hydrogens is 276 g/mol. The molecule has 0 aromatic heterocycles. The Kier molecular flexibility index (Phi) is 10.4. The summed E-state index contributed by atoms with van der Waals surface area (Å²) in [6.07, 6.45) is 28.2. The van der Waals surface area contributed by atoms with Crippen LogP contribution in [0.5, 0.6) is 0 Å². The van der Waals surface area contributed by atoms with E-state index in [9.17, 15) is 0 Å². The summed E-state index contributed by atoms with van der Waals surface area (Å²) in [6, 6.07) is 0. The van der Waals surface area contributed by atoms with Gasteiger partial charge in [0.05, 0.1) is 0 Å². The molecule has 0 aliphatic heterocycles. The van der Waals surface area contributed by atoms with Crippen LogP contribution in [0.1, 0.15) is 122 Å². The molecule has 2 fully saturated rings. The largest absolute Gasteiger partial charge is 0.0533 e. The van der Waals surface area contributed by atoms with E-state index in [0.29, 0.717) is 0 Å². The first kappa shape index (κ1) is 19.3.